The lowest BCUT2D eigenvalue weighted by Crippen LogP contribution is -2.47. The van der Waals surface area contributed by atoms with Crippen LogP contribution in [0, 0.1) is 11.6 Å². The zero-order chi connectivity index (χ0) is 15.4. The first kappa shape index (κ1) is 16.3. The second-order valence-electron chi connectivity index (χ2n) is 5.15. The highest BCUT2D eigenvalue weighted by Crippen LogP contribution is 2.19. The average molecular weight is 362 g/mol. The lowest BCUT2D eigenvalue weighted by atomic mass is 10.2. The van der Waals surface area contributed by atoms with E-state index in [1.807, 2.05) is 0 Å². The van der Waals surface area contributed by atoms with E-state index in [2.05, 4.69) is 38.1 Å². The van der Waals surface area contributed by atoms with Crippen LogP contribution in [-0.4, -0.2) is 62.0 Å². The second-order valence-corrected chi connectivity index (χ2v) is 6.06. The highest BCUT2D eigenvalue weighted by atomic mass is 79.9. The fraction of sp³-hybridized carbons (Fsp3) is 0.500. The minimum absolute atomic E-state index is 0.270. The van der Waals surface area contributed by atoms with Crippen molar-refractivity contribution in [3.05, 3.63) is 33.8 Å². The molecule has 0 spiro atoms. The summed E-state index contributed by atoms with van der Waals surface area (Å²) in [7, 11) is 2.07. The summed E-state index contributed by atoms with van der Waals surface area (Å²) in [6.07, 6.45) is 0. The van der Waals surface area contributed by atoms with Crippen molar-refractivity contribution in [2.24, 2.45) is 0 Å². The molecule has 0 aromatic heterocycles. The summed E-state index contributed by atoms with van der Waals surface area (Å²) in [5, 5.41) is 2.57. The van der Waals surface area contributed by atoms with E-state index in [1.54, 1.807) is 0 Å². The van der Waals surface area contributed by atoms with Gasteiger partial charge in [-0.05, 0) is 19.2 Å². The van der Waals surface area contributed by atoms with Gasteiger partial charge in [-0.2, -0.15) is 0 Å². The molecule has 1 saturated heterocycles. The van der Waals surface area contributed by atoms with Gasteiger partial charge < -0.3 is 10.2 Å². The van der Waals surface area contributed by atoms with E-state index in [1.165, 1.54) is 0 Å². The van der Waals surface area contributed by atoms with Crippen molar-refractivity contribution >= 4 is 21.8 Å². The summed E-state index contributed by atoms with van der Waals surface area (Å²) in [6, 6.07) is 2.16. The summed E-state index contributed by atoms with van der Waals surface area (Å²) in [6.45, 7) is 4.91. The molecule has 1 fully saturated rings. The Labute approximate surface area is 131 Å². The van der Waals surface area contributed by atoms with Gasteiger partial charge in [0.1, 0.15) is 17.2 Å². The van der Waals surface area contributed by atoms with Crippen molar-refractivity contribution in [3.8, 4) is 0 Å². The van der Waals surface area contributed by atoms with E-state index in [0.29, 0.717) is 13.1 Å². The highest BCUT2D eigenvalue weighted by Gasteiger charge is 2.19. The molecule has 7 heteroatoms. The molecule has 0 saturated carbocycles. The fourth-order valence-corrected chi connectivity index (χ4v) is 2.65. The van der Waals surface area contributed by atoms with Gasteiger partial charge >= 0.3 is 0 Å². The first-order valence-corrected chi connectivity index (χ1v) is 7.60. The van der Waals surface area contributed by atoms with Crippen molar-refractivity contribution in [3.63, 3.8) is 0 Å². The molecule has 0 unspecified atom stereocenters. The van der Waals surface area contributed by atoms with Gasteiger partial charge in [0.2, 0.25) is 0 Å². The lowest BCUT2D eigenvalue weighted by molar-refractivity contribution is 0.0932. The Morgan fingerprint density at radius 2 is 1.81 bits per heavy atom. The minimum atomic E-state index is -0.862. The number of nitrogens with one attached hydrogen (secondary N) is 1. The maximum Gasteiger partial charge on any atom is 0.257 e. The van der Waals surface area contributed by atoms with E-state index in [4.69, 9.17) is 0 Å². The number of nitrogens with zero attached hydrogens (tertiary/aromatic N) is 2. The molecule has 1 amide bonds. The van der Waals surface area contributed by atoms with Crippen LogP contribution in [0.2, 0.25) is 0 Å². The minimum Gasteiger partial charge on any atom is -0.351 e. The molecule has 0 aliphatic carbocycles. The topological polar surface area (TPSA) is 35.6 Å². The van der Waals surface area contributed by atoms with Crippen LogP contribution in [-0.2, 0) is 0 Å². The molecule has 21 heavy (non-hydrogen) atoms. The molecule has 0 atom stereocenters. The van der Waals surface area contributed by atoms with E-state index in [-0.39, 0.29) is 4.47 Å². The van der Waals surface area contributed by atoms with E-state index >= 15 is 0 Å². The molecule has 0 bridgehead atoms. The molecular weight excluding hydrogens is 344 g/mol. The average Bonchev–Trinajstić information content (AvgIpc) is 2.40. The van der Waals surface area contributed by atoms with E-state index in [0.717, 1.165) is 38.3 Å². The Hall–Kier alpha value is -1.05. The molecular formula is C14H18BrF2N3O. The van der Waals surface area contributed by atoms with Crippen molar-refractivity contribution in [1.29, 1.82) is 0 Å². The van der Waals surface area contributed by atoms with Crippen molar-refractivity contribution in [1.82, 2.24) is 15.1 Å². The van der Waals surface area contributed by atoms with Crippen LogP contribution in [0.1, 0.15) is 10.4 Å². The Morgan fingerprint density at radius 3 is 2.38 bits per heavy atom. The molecule has 0 radical (unpaired) electrons. The standard InChI is InChI=1S/C14H18BrF2N3O/c1-19-4-6-20(7-5-19)3-2-18-14(21)13-11(16)8-10(15)9-12(13)17/h8-9H,2-7H2,1H3,(H,18,21). The second kappa shape index (κ2) is 7.29. The van der Waals surface area contributed by atoms with Crippen molar-refractivity contribution in [2.75, 3.05) is 46.3 Å². The van der Waals surface area contributed by atoms with Crippen LogP contribution in [0.25, 0.3) is 0 Å². The van der Waals surface area contributed by atoms with E-state index < -0.39 is 23.1 Å². The van der Waals surface area contributed by atoms with Crippen molar-refractivity contribution < 1.29 is 13.6 Å². The van der Waals surface area contributed by atoms with Crippen LogP contribution in [0.5, 0.6) is 0 Å². The van der Waals surface area contributed by atoms with Crippen LogP contribution in [0.4, 0.5) is 8.78 Å². The normalized spacial score (nSPS) is 17.0. The number of carbonyl (C=O) groups excluding carboxylic acids is 1. The monoisotopic (exact) mass is 361 g/mol. The smallest absolute Gasteiger partial charge is 0.257 e. The van der Waals surface area contributed by atoms with Gasteiger partial charge in [-0.3, -0.25) is 9.69 Å². The predicted molar refractivity (Wildman–Crippen MR) is 80.3 cm³/mol. The van der Waals surface area contributed by atoms with Gasteiger partial charge in [-0.15, -0.1) is 0 Å². The number of likely N-dealkylation sites (N-methyl/N-ethyl adjacent to an activating group) is 1. The molecule has 1 heterocycles. The van der Waals surface area contributed by atoms with Gasteiger partial charge in [-0.25, -0.2) is 8.78 Å². The Bertz CT molecular complexity index is 496. The first-order valence-electron chi connectivity index (χ1n) is 6.81. The van der Waals surface area contributed by atoms with Crippen LogP contribution < -0.4 is 5.32 Å². The number of carbonyl (C=O) groups is 1. The van der Waals surface area contributed by atoms with Gasteiger partial charge in [0, 0.05) is 43.7 Å². The summed E-state index contributed by atoms with van der Waals surface area (Å²) in [5.74, 6) is -2.44. The number of halogens is 3. The van der Waals surface area contributed by atoms with Gasteiger partial charge in [0.05, 0.1) is 0 Å². The van der Waals surface area contributed by atoms with Gasteiger partial charge in [0.15, 0.2) is 0 Å². The SMILES string of the molecule is CN1CCN(CCNC(=O)c2c(F)cc(Br)cc2F)CC1. The number of piperazine rings is 1. The zero-order valence-corrected chi connectivity index (χ0v) is 13.4. The third kappa shape index (κ3) is 4.46. The summed E-state index contributed by atoms with van der Waals surface area (Å²) < 4.78 is 27.5. The Balaban J connectivity index is 1.85. The number of rotatable bonds is 4. The van der Waals surface area contributed by atoms with Gasteiger partial charge in [-0.1, -0.05) is 15.9 Å². The molecule has 2 rings (SSSR count). The molecule has 116 valence electrons. The lowest BCUT2D eigenvalue weighted by Gasteiger charge is -2.32. The molecule has 1 aromatic carbocycles. The van der Waals surface area contributed by atoms with Crippen molar-refractivity contribution in [2.45, 2.75) is 0 Å². The molecule has 1 N–H and O–H groups in total. The number of amides is 1. The maximum absolute atomic E-state index is 13.6. The summed E-state index contributed by atoms with van der Waals surface area (Å²) in [5.41, 5.74) is -0.531. The molecule has 4 nitrogen and oxygen atoms in total. The van der Waals surface area contributed by atoms with Crippen LogP contribution >= 0.6 is 15.9 Å². The molecule has 1 aliphatic rings. The van der Waals surface area contributed by atoms with E-state index in [9.17, 15) is 13.6 Å². The first-order chi connectivity index (χ1) is 9.97. The Kier molecular flexibility index (Phi) is 5.66. The largest absolute Gasteiger partial charge is 0.351 e. The van der Waals surface area contributed by atoms with Crippen LogP contribution in [0.15, 0.2) is 16.6 Å². The maximum atomic E-state index is 13.6. The van der Waals surface area contributed by atoms with Crippen LogP contribution in [0.3, 0.4) is 0 Å². The summed E-state index contributed by atoms with van der Waals surface area (Å²) in [4.78, 5) is 16.3. The Morgan fingerprint density at radius 1 is 1.24 bits per heavy atom. The number of hydrogen-bond acceptors (Lipinski definition) is 3. The third-order valence-corrected chi connectivity index (χ3v) is 4.00. The third-order valence-electron chi connectivity index (χ3n) is 3.54. The molecule has 1 aromatic rings. The van der Waals surface area contributed by atoms with Gasteiger partial charge in [0.25, 0.3) is 5.91 Å². The molecule has 1 aliphatic heterocycles. The highest BCUT2D eigenvalue weighted by molar-refractivity contribution is 9.10. The number of benzene rings is 1. The summed E-state index contributed by atoms with van der Waals surface area (Å²) >= 11 is 2.98. The fourth-order valence-electron chi connectivity index (χ4n) is 2.25. The zero-order valence-electron chi connectivity index (χ0n) is 11.8. The number of hydrogen-bond donors (Lipinski definition) is 1. The quantitative estimate of drug-likeness (QED) is 0.886. The predicted octanol–water partition coefficient (Wildman–Crippen LogP) is 1.70.